The molecule has 9 heteroatoms. The highest BCUT2D eigenvalue weighted by Crippen LogP contribution is 2.36. The minimum absolute atomic E-state index is 0.107. The fourth-order valence-electron chi connectivity index (χ4n) is 1.56. The lowest BCUT2D eigenvalue weighted by molar-refractivity contribution is -0.385. The maximum Gasteiger partial charge on any atom is 0.321 e. The Morgan fingerprint density at radius 2 is 2.00 bits per heavy atom. The van der Waals surface area contributed by atoms with Crippen LogP contribution in [-0.2, 0) is 10.5 Å². The summed E-state index contributed by atoms with van der Waals surface area (Å²) in [6.45, 7) is 0. The van der Waals surface area contributed by atoms with E-state index in [4.69, 9.17) is 20.3 Å². The minimum Gasteiger partial charge on any atom is -0.493 e. The number of aliphatic carboxylic acids is 1. The summed E-state index contributed by atoms with van der Waals surface area (Å²) in [5.74, 6) is -0.0656. The van der Waals surface area contributed by atoms with E-state index >= 15 is 0 Å². The van der Waals surface area contributed by atoms with Crippen LogP contribution < -0.4 is 15.2 Å². The summed E-state index contributed by atoms with van der Waals surface area (Å²) in [4.78, 5) is 21.2. The highest BCUT2D eigenvalue weighted by Gasteiger charge is 2.20. The first kappa shape index (κ1) is 17.1. The van der Waals surface area contributed by atoms with Gasteiger partial charge in [-0.25, -0.2) is 0 Å². The van der Waals surface area contributed by atoms with Gasteiger partial charge in [-0.2, -0.15) is 11.8 Å². The van der Waals surface area contributed by atoms with Gasteiger partial charge in [-0.15, -0.1) is 0 Å². The molecule has 0 aliphatic carbocycles. The zero-order valence-corrected chi connectivity index (χ0v) is 12.4. The van der Waals surface area contributed by atoms with Gasteiger partial charge >= 0.3 is 5.97 Å². The predicted molar refractivity (Wildman–Crippen MR) is 78.0 cm³/mol. The van der Waals surface area contributed by atoms with Gasteiger partial charge in [0.15, 0.2) is 11.5 Å². The van der Waals surface area contributed by atoms with Gasteiger partial charge in [-0.05, 0) is 6.07 Å². The molecule has 1 aromatic rings. The normalized spacial score (nSPS) is 11.8. The molecule has 1 atom stereocenters. The van der Waals surface area contributed by atoms with E-state index in [1.807, 2.05) is 0 Å². The molecule has 0 bridgehead atoms. The van der Waals surface area contributed by atoms with E-state index in [2.05, 4.69) is 0 Å². The molecule has 8 nitrogen and oxygen atoms in total. The first-order valence-electron chi connectivity index (χ1n) is 5.86. The van der Waals surface area contributed by atoms with Crippen LogP contribution in [0.2, 0.25) is 0 Å². The molecule has 1 rings (SSSR count). The average Bonchev–Trinajstić information content (AvgIpc) is 2.45. The molecular formula is C12H16N2O6S. The van der Waals surface area contributed by atoms with Crippen LogP contribution in [-0.4, -0.2) is 42.0 Å². The third kappa shape index (κ3) is 4.50. The summed E-state index contributed by atoms with van der Waals surface area (Å²) in [7, 11) is 2.82. The Balaban J connectivity index is 2.94. The average molecular weight is 316 g/mol. The third-order valence-electron chi connectivity index (χ3n) is 2.65. The lowest BCUT2D eigenvalue weighted by atomic mass is 10.2. The first-order chi connectivity index (χ1) is 9.90. The van der Waals surface area contributed by atoms with E-state index in [9.17, 15) is 14.9 Å². The molecule has 0 aromatic heterocycles. The Morgan fingerprint density at radius 1 is 1.43 bits per heavy atom. The van der Waals surface area contributed by atoms with Crippen molar-refractivity contribution in [3.63, 3.8) is 0 Å². The molecule has 0 aliphatic heterocycles. The maximum absolute atomic E-state index is 11.1. The monoisotopic (exact) mass is 316 g/mol. The van der Waals surface area contributed by atoms with E-state index in [0.717, 1.165) is 0 Å². The van der Waals surface area contributed by atoms with Gasteiger partial charge in [0.25, 0.3) is 5.69 Å². The van der Waals surface area contributed by atoms with Gasteiger partial charge in [0.2, 0.25) is 0 Å². The topological polar surface area (TPSA) is 125 Å². The SMILES string of the molecule is COc1cc(CSC[C@@H](N)C(=O)O)c([N+](=O)[O-])cc1OC. The van der Waals surface area contributed by atoms with E-state index in [-0.39, 0.29) is 22.9 Å². The number of carbonyl (C=O) groups is 1. The van der Waals surface area contributed by atoms with Crippen LogP contribution >= 0.6 is 11.8 Å². The second kappa shape index (κ2) is 7.70. The number of nitrogens with zero attached hydrogens (tertiary/aromatic N) is 1. The van der Waals surface area contributed by atoms with Gasteiger partial charge < -0.3 is 20.3 Å². The van der Waals surface area contributed by atoms with E-state index in [1.165, 1.54) is 38.1 Å². The molecule has 0 fully saturated rings. The Bertz CT molecular complexity index is 537. The molecule has 1 aromatic carbocycles. The molecule has 0 saturated carbocycles. The highest BCUT2D eigenvalue weighted by atomic mass is 32.2. The molecule has 0 amide bonds. The maximum atomic E-state index is 11.1. The van der Waals surface area contributed by atoms with Gasteiger partial charge in [0, 0.05) is 17.1 Å². The Morgan fingerprint density at radius 3 is 2.48 bits per heavy atom. The Hall–Kier alpha value is -2.00. The number of rotatable bonds is 8. The zero-order chi connectivity index (χ0) is 16.0. The molecule has 0 spiro atoms. The summed E-state index contributed by atoms with van der Waals surface area (Å²) in [5, 5.41) is 19.8. The van der Waals surface area contributed by atoms with Crippen LogP contribution in [0.4, 0.5) is 5.69 Å². The highest BCUT2D eigenvalue weighted by molar-refractivity contribution is 7.98. The van der Waals surface area contributed by atoms with Crippen molar-refractivity contribution in [2.75, 3.05) is 20.0 Å². The largest absolute Gasteiger partial charge is 0.493 e. The number of ether oxygens (including phenoxy) is 2. The van der Waals surface area contributed by atoms with Crippen molar-refractivity contribution in [2.45, 2.75) is 11.8 Å². The number of nitro groups is 1. The number of methoxy groups -OCH3 is 2. The van der Waals surface area contributed by atoms with Crippen molar-refractivity contribution in [1.82, 2.24) is 0 Å². The summed E-state index contributed by atoms with van der Waals surface area (Å²) >= 11 is 1.20. The molecule has 0 radical (unpaired) electrons. The molecule has 21 heavy (non-hydrogen) atoms. The van der Waals surface area contributed by atoms with E-state index in [0.29, 0.717) is 11.3 Å². The number of hydrogen-bond acceptors (Lipinski definition) is 7. The van der Waals surface area contributed by atoms with Crippen LogP contribution in [0, 0.1) is 10.1 Å². The van der Waals surface area contributed by atoms with E-state index in [1.54, 1.807) is 0 Å². The number of carboxylic acids is 1. The molecule has 116 valence electrons. The lowest BCUT2D eigenvalue weighted by Gasteiger charge is -2.11. The first-order valence-corrected chi connectivity index (χ1v) is 7.01. The molecular weight excluding hydrogens is 300 g/mol. The molecule has 0 aliphatic rings. The summed E-state index contributed by atoms with van der Waals surface area (Å²) in [6.07, 6.45) is 0. The molecule has 0 saturated heterocycles. The third-order valence-corrected chi connectivity index (χ3v) is 3.76. The summed E-state index contributed by atoms with van der Waals surface area (Å²) in [6, 6.07) is 1.79. The molecule has 0 heterocycles. The smallest absolute Gasteiger partial charge is 0.321 e. The summed E-state index contributed by atoms with van der Waals surface area (Å²) in [5.41, 5.74) is 5.69. The van der Waals surface area contributed by atoms with Crippen molar-refractivity contribution < 1.29 is 24.3 Å². The quantitative estimate of drug-likeness (QED) is 0.542. The number of benzene rings is 1. The molecule has 0 unspecified atom stereocenters. The van der Waals surface area contributed by atoms with Gasteiger partial charge in [0.1, 0.15) is 6.04 Å². The molecule has 3 N–H and O–H groups in total. The number of carboxylic acid groups (broad SMARTS) is 1. The van der Waals surface area contributed by atoms with Crippen molar-refractivity contribution in [1.29, 1.82) is 0 Å². The van der Waals surface area contributed by atoms with Crippen molar-refractivity contribution >= 4 is 23.4 Å². The number of nitrogens with two attached hydrogens (primary N) is 1. The van der Waals surface area contributed by atoms with Crippen molar-refractivity contribution in [3.8, 4) is 11.5 Å². The fraction of sp³-hybridized carbons (Fsp3) is 0.417. The number of hydrogen-bond donors (Lipinski definition) is 2. The Labute approximate surface area is 125 Å². The van der Waals surface area contributed by atoms with Crippen LogP contribution in [0.3, 0.4) is 0 Å². The van der Waals surface area contributed by atoms with Crippen LogP contribution in [0.5, 0.6) is 11.5 Å². The van der Waals surface area contributed by atoms with Crippen LogP contribution in [0.1, 0.15) is 5.56 Å². The standard InChI is InChI=1S/C12H16N2O6S/c1-19-10-3-7(5-21-6-8(13)12(15)16)9(14(17)18)4-11(10)20-2/h3-4,8H,5-6,13H2,1-2H3,(H,15,16)/t8-/m1/s1. The van der Waals surface area contributed by atoms with Crippen LogP contribution in [0.25, 0.3) is 0 Å². The van der Waals surface area contributed by atoms with Crippen LogP contribution in [0.15, 0.2) is 12.1 Å². The zero-order valence-electron chi connectivity index (χ0n) is 11.6. The van der Waals surface area contributed by atoms with Crippen molar-refractivity contribution in [3.05, 3.63) is 27.8 Å². The fourth-order valence-corrected chi connectivity index (χ4v) is 2.53. The number of nitro benzene ring substituents is 1. The number of thioether (sulfide) groups is 1. The minimum atomic E-state index is -1.11. The van der Waals surface area contributed by atoms with Gasteiger partial charge in [-0.1, -0.05) is 0 Å². The van der Waals surface area contributed by atoms with Crippen molar-refractivity contribution in [2.24, 2.45) is 5.73 Å². The van der Waals surface area contributed by atoms with Gasteiger partial charge in [0.05, 0.1) is 25.2 Å². The van der Waals surface area contributed by atoms with E-state index < -0.39 is 16.9 Å². The second-order valence-electron chi connectivity index (χ2n) is 4.05. The Kier molecular flexibility index (Phi) is 6.25. The summed E-state index contributed by atoms with van der Waals surface area (Å²) < 4.78 is 10.1. The predicted octanol–water partition coefficient (Wildman–Crippen LogP) is 1.26. The van der Waals surface area contributed by atoms with Gasteiger partial charge in [-0.3, -0.25) is 14.9 Å². The second-order valence-corrected chi connectivity index (χ2v) is 5.08. The lowest BCUT2D eigenvalue weighted by Crippen LogP contribution is -2.32.